The van der Waals surface area contributed by atoms with Crippen LogP contribution in [0.1, 0.15) is 35.3 Å². The first kappa shape index (κ1) is 21.7. The second-order valence-corrected chi connectivity index (χ2v) is 9.32. The van der Waals surface area contributed by atoms with Crippen LogP contribution in [0.4, 0.5) is 0 Å². The summed E-state index contributed by atoms with van der Waals surface area (Å²) in [6, 6.07) is 21.5. The Morgan fingerprint density at radius 1 is 0.968 bits per heavy atom. The Bertz CT molecular complexity index is 975. The Balaban J connectivity index is 1.35. The van der Waals surface area contributed by atoms with Crippen LogP contribution >= 0.6 is 11.3 Å². The second kappa shape index (κ2) is 9.75. The quantitative estimate of drug-likeness (QED) is 0.438. The predicted molar refractivity (Wildman–Crippen MR) is 125 cm³/mol. The number of carbonyl (C=O) groups is 1. The van der Waals surface area contributed by atoms with E-state index in [4.69, 9.17) is 5.21 Å². The summed E-state index contributed by atoms with van der Waals surface area (Å²) in [5, 5.41) is 10.9. The lowest BCUT2D eigenvalue weighted by Gasteiger charge is -2.44. The average Bonchev–Trinajstić information content (AvgIpc) is 3.32. The summed E-state index contributed by atoms with van der Waals surface area (Å²) in [6.07, 6.45) is 0. The van der Waals surface area contributed by atoms with Crippen LogP contribution in [0, 0.1) is 0 Å². The smallest absolute Gasteiger partial charge is 0.274 e. The second-order valence-electron chi connectivity index (χ2n) is 8.38. The molecule has 0 aliphatic carbocycles. The van der Waals surface area contributed by atoms with Crippen molar-refractivity contribution in [2.45, 2.75) is 39.0 Å². The van der Waals surface area contributed by atoms with Crippen molar-refractivity contribution in [2.24, 2.45) is 0 Å². The maximum absolute atomic E-state index is 11.5. The van der Waals surface area contributed by atoms with Crippen LogP contribution < -0.4 is 5.48 Å². The molecule has 1 saturated heterocycles. The van der Waals surface area contributed by atoms with Crippen molar-refractivity contribution in [1.29, 1.82) is 0 Å². The minimum absolute atomic E-state index is 0.439. The molecule has 0 bridgehead atoms. The minimum atomic E-state index is -0.481. The van der Waals surface area contributed by atoms with Gasteiger partial charge in [0, 0.05) is 48.7 Å². The summed E-state index contributed by atoms with van der Waals surface area (Å²) in [7, 11) is 0. The van der Waals surface area contributed by atoms with Crippen LogP contribution in [0.25, 0.3) is 10.4 Å². The summed E-state index contributed by atoms with van der Waals surface area (Å²) < 4.78 is 0. The van der Waals surface area contributed by atoms with Gasteiger partial charge in [0.2, 0.25) is 0 Å². The van der Waals surface area contributed by atoms with Crippen LogP contribution in [0.2, 0.25) is 0 Å². The number of hydrogen-bond donors (Lipinski definition) is 2. The molecule has 1 fully saturated rings. The van der Waals surface area contributed by atoms with Gasteiger partial charge in [0.05, 0.1) is 0 Å². The molecule has 3 aromatic rings. The van der Waals surface area contributed by atoms with Gasteiger partial charge in [0.1, 0.15) is 0 Å². The molecule has 6 heteroatoms. The summed E-state index contributed by atoms with van der Waals surface area (Å²) in [5.41, 5.74) is 5.95. The molecule has 4 rings (SSSR count). The molecule has 2 atom stereocenters. The lowest BCUT2D eigenvalue weighted by atomic mass is 10.0. The van der Waals surface area contributed by atoms with Crippen LogP contribution in [-0.2, 0) is 13.1 Å². The van der Waals surface area contributed by atoms with Gasteiger partial charge in [-0.2, -0.15) is 0 Å². The average molecular weight is 436 g/mol. The van der Waals surface area contributed by atoms with Crippen LogP contribution in [0.5, 0.6) is 0 Å². The van der Waals surface area contributed by atoms with Gasteiger partial charge < -0.3 is 0 Å². The molecule has 1 aliphatic rings. The Morgan fingerprint density at radius 3 is 2.16 bits per heavy atom. The topological polar surface area (TPSA) is 55.8 Å². The van der Waals surface area contributed by atoms with Crippen molar-refractivity contribution in [1.82, 2.24) is 15.3 Å². The zero-order valence-corrected chi connectivity index (χ0v) is 18.8. The number of nitrogens with zero attached hydrogens (tertiary/aromatic N) is 2. The number of piperazine rings is 1. The van der Waals surface area contributed by atoms with Gasteiger partial charge in [-0.1, -0.05) is 42.5 Å². The lowest BCUT2D eigenvalue weighted by molar-refractivity contribution is 0.0290. The summed E-state index contributed by atoms with van der Waals surface area (Å²) >= 11 is 1.78. The van der Waals surface area contributed by atoms with Gasteiger partial charge in [-0.05, 0) is 54.1 Å². The van der Waals surface area contributed by atoms with Crippen molar-refractivity contribution in [3.63, 3.8) is 0 Å². The number of thiophene rings is 1. The molecular weight excluding hydrogens is 406 g/mol. The lowest BCUT2D eigenvalue weighted by Crippen LogP contribution is -2.55. The number of rotatable bonds is 6. The van der Waals surface area contributed by atoms with E-state index >= 15 is 0 Å². The molecule has 162 valence electrons. The Morgan fingerprint density at radius 2 is 1.58 bits per heavy atom. The fourth-order valence-electron chi connectivity index (χ4n) is 4.42. The van der Waals surface area contributed by atoms with Gasteiger partial charge in [-0.3, -0.25) is 19.8 Å². The van der Waals surface area contributed by atoms with E-state index in [1.807, 2.05) is 12.1 Å². The molecule has 2 unspecified atom stereocenters. The zero-order valence-electron chi connectivity index (χ0n) is 18.0. The Labute approximate surface area is 187 Å². The molecule has 2 N–H and O–H groups in total. The number of nitrogens with one attached hydrogen (secondary N) is 1. The van der Waals surface area contributed by atoms with E-state index in [2.05, 4.69) is 65.4 Å². The van der Waals surface area contributed by atoms with E-state index in [1.54, 1.807) is 28.9 Å². The highest BCUT2D eigenvalue weighted by Crippen LogP contribution is 2.26. The fraction of sp³-hybridized carbons (Fsp3) is 0.320. The van der Waals surface area contributed by atoms with Crippen LogP contribution in [0.3, 0.4) is 0 Å². The van der Waals surface area contributed by atoms with E-state index in [0.29, 0.717) is 17.6 Å². The Kier molecular flexibility index (Phi) is 6.83. The van der Waals surface area contributed by atoms with Crippen LogP contribution in [0.15, 0.2) is 66.0 Å². The summed E-state index contributed by atoms with van der Waals surface area (Å²) in [5.74, 6) is -0.481. The molecule has 2 heterocycles. The molecule has 31 heavy (non-hydrogen) atoms. The van der Waals surface area contributed by atoms with Crippen molar-refractivity contribution in [2.75, 3.05) is 13.1 Å². The van der Waals surface area contributed by atoms with E-state index in [0.717, 1.165) is 26.2 Å². The third kappa shape index (κ3) is 5.22. The SMILES string of the molecule is CC1CN(Cc2ccc(-c3cccs3)cc2)CC(C)N1Cc1ccc(C(=O)NO)cc1. The number of benzene rings is 2. The molecule has 0 saturated carbocycles. The normalized spacial score (nSPS) is 20.0. The monoisotopic (exact) mass is 435 g/mol. The van der Waals surface area contributed by atoms with Crippen molar-refractivity contribution >= 4 is 17.2 Å². The standard InChI is InChI=1S/C25H29N3O2S/c1-18-14-27(16-20-5-9-22(10-6-20)24-4-3-13-31-24)15-19(2)28(18)17-21-7-11-23(12-8-21)25(29)26-30/h3-13,18-19,30H,14-17H2,1-2H3,(H,26,29). The first-order chi connectivity index (χ1) is 15.0. The van der Waals surface area contributed by atoms with Crippen molar-refractivity contribution in [3.8, 4) is 10.4 Å². The third-order valence-corrected chi connectivity index (χ3v) is 6.94. The largest absolute Gasteiger partial charge is 0.296 e. The molecule has 2 aromatic carbocycles. The molecule has 1 aromatic heterocycles. The highest BCUT2D eigenvalue weighted by atomic mass is 32.1. The highest BCUT2D eigenvalue weighted by Gasteiger charge is 2.29. The van der Waals surface area contributed by atoms with Gasteiger partial charge in [0.15, 0.2) is 0 Å². The van der Waals surface area contributed by atoms with Gasteiger partial charge in [0.25, 0.3) is 5.91 Å². The van der Waals surface area contributed by atoms with Gasteiger partial charge >= 0.3 is 0 Å². The van der Waals surface area contributed by atoms with Gasteiger partial charge in [-0.15, -0.1) is 11.3 Å². The number of carbonyl (C=O) groups excluding carboxylic acids is 1. The molecule has 0 radical (unpaired) electrons. The summed E-state index contributed by atoms with van der Waals surface area (Å²) in [4.78, 5) is 17.9. The fourth-order valence-corrected chi connectivity index (χ4v) is 5.15. The van der Waals surface area contributed by atoms with Crippen molar-refractivity contribution < 1.29 is 10.0 Å². The maximum Gasteiger partial charge on any atom is 0.274 e. The van der Waals surface area contributed by atoms with E-state index < -0.39 is 5.91 Å². The molecule has 5 nitrogen and oxygen atoms in total. The predicted octanol–water partition coefficient (Wildman–Crippen LogP) is 4.63. The van der Waals surface area contributed by atoms with Crippen molar-refractivity contribution in [3.05, 3.63) is 82.7 Å². The molecule has 1 amide bonds. The van der Waals surface area contributed by atoms with Gasteiger partial charge in [-0.25, -0.2) is 5.48 Å². The third-order valence-electron chi connectivity index (χ3n) is 6.03. The molecule has 1 aliphatic heterocycles. The minimum Gasteiger partial charge on any atom is -0.296 e. The van der Waals surface area contributed by atoms with Crippen LogP contribution in [-0.4, -0.2) is 46.1 Å². The first-order valence-electron chi connectivity index (χ1n) is 10.7. The molecule has 0 spiro atoms. The molecular formula is C25H29N3O2S. The first-order valence-corrected chi connectivity index (χ1v) is 11.6. The van der Waals surface area contributed by atoms with E-state index in [1.165, 1.54) is 21.6 Å². The number of hydrogen-bond acceptors (Lipinski definition) is 5. The zero-order chi connectivity index (χ0) is 21.8. The number of amides is 1. The summed E-state index contributed by atoms with van der Waals surface area (Å²) in [6.45, 7) is 8.46. The van der Waals surface area contributed by atoms with E-state index in [9.17, 15) is 4.79 Å². The maximum atomic E-state index is 11.5. The number of hydroxylamine groups is 1. The Hall–Kier alpha value is -2.51. The highest BCUT2D eigenvalue weighted by molar-refractivity contribution is 7.13. The van der Waals surface area contributed by atoms with E-state index in [-0.39, 0.29) is 0 Å².